The van der Waals surface area contributed by atoms with Crippen LogP contribution in [0.5, 0.6) is 0 Å². The van der Waals surface area contributed by atoms with Crippen LogP contribution in [0, 0.1) is 0 Å². The van der Waals surface area contributed by atoms with E-state index in [9.17, 15) is 0 Å². The predicted molar refractivity (Wildman–Crippen MR) is 96.0 cm³/mol. The smallest absolute Gasteiger partial charge is 0.345 e. The summed E-state index contributed by atoms with van der Waals surface area (Å²) in [7, 11) is -2.15. The molecule has 0 atom stereocenters. The van der Waals surface area contributed by atoms with E-state index in [2.05, 4.69) is 27.0 Å². The summed E-state index contributed by atoms with van der Waals surface area (Å²) in [6, 6.07) is 1.72. The van der Waals surface area contributed by atoms with Gasteiger partial charge in [-0.1, -0.05) is 64.5 Å². The Bertz CT molecular complexity index is 228. The molecule has 0 fully saturated rings. The van der Waals surface area contributed by atoms with Crippen molar-refractivity contribution < 1.29 is 8.85 Å². The van der Waals surface area contributed by atoms with Crippen molar-refractivity contribution >= 4 is 8.56 Å². The maximum atomic E-state index is 6.24. The molecule has 3 heteroatoms. The van der Waals surface area contributed by atoms with Gasteiger partial charge in [0.25, 0.3) is 0 Å². The molecule has 0 aliphatic rings. The van der Waals surface area contributed by atoms with Crippen LogP contribution < -0.4 is 0 Å². The minimum Gasteiger partial charge on any atom is -0.394 e. The van der Waals surface area contributed by atoms with Gasteiger partial charge in [0, 0.05) is 25.3 Å². The first-order valence-electron chi connectivity index (χ1n) is 8.74. The first kappa shape index (κ1) is 20.6. The molecule has 0 N–H and O–H groups in total. The fourth-order valence-electron chi connectivity index (χ4n) is 2.37. The summed E-state index contributed by atoms with van der Waals surface area (Å²) in [5.74, 6) is 0. The highest BCUT2D eigenvalue weighted by molar-refractivity contribution is 6.68. The average molecular weight is 313 g/mol. The Hall–Kier alpha value is -0.383. The van der Waals surface area contributed by atoms with E-state index in [1.54, 1.807) is 0 Å². The van der Waals surface area contributed by atoms with Crippen molar-refractivity contribution in [2.45, 2.75) is 77.3 Å². The second-order valence-corrected chi connectivity index (χ2v) is 8.93. The summed E-state index contributed by atoms with van der Waals surface area (Å²) in [5, 5.41) is 0. The van der Waals surface area contributed by atoms with E-state index in [1.807, 2.05) is 12.2 Å². The quantitative estimate of drug-likeness (QED) is 0.198. The zero-order valence-corrected chi connectivity index (χ0v) is 15.4. The second kappa shape index (κ2) is 14.5. The van der Waals surface area contributed by atoms with Crippen LogP contribution in [0.25, 0.3) is 0 Å². The van der Waals surface area contributed by atoms with Crippen LogP contribution in [0.2, 0.25) is 12.1 Å². The van der Waals surface area contributed by atoms with Crippen molar-refractivity contribution in [1.29, 1.82) is 0 Å². The first-order valence-corrected chi connectivity index (χ1v) is 11.0. The Morgan fingerprint density at radius 2 is 1.14 bits per heavy atom. The van der Waals surface area contributed by atoms with E-state index in [0.717, 1.165) is 38.1 Å². The van der Waals surface area contributed by atoms with Gasteiger partial charge in [-0.25, -0.2) is 0 Å². The molecule has 124 valence electrons. The van der Waals surface area contributed by atoms with E-state index in [1.165, 1.54) is 38.5 Å². The van der Waals surface area contributed by atoms with Gasteiger partial charge in [-0.05, 0) is 12.8 Å². The number of hydrogen-bond donors (Lipinski definition) is 0. The van der Waals surface area contributed by atoms with Crippen LogP contribution in [0.15, 0.2) is 25.3 Å². The van der Waals surface area contributed by atoms with E-state index in [0.29, 0.717) is 0 Å². The Balaban J connectivity index is 4.23. The van der Waals surface area contributed by atoms with Crippen LogP contribution in [-0.2, 0) is 8.85 Å². The molecule has 0 rings (SSSR count). The lowest BCUT2D eigenvalue weighted by molar-refractivity contribution is 0.166. The molecule has 2 nitrogen and oxygen atoms in total. The van der Waals surface area contributed by atoms with Crippen LogP contribution in [0.4, 0.5) is 0 Å². The highest BCUT2D eigenvalue weighted by Gasteiger charge is 2.34. The molecular weight excluding hydrogens is 276 g/mol. The van der Waals surface area contributed by atoms with Gasteiger partial charge in [-0.2, -0.15) is 0 Å². The molecule has 0 aromatic rings. The van der Waals surface area contributed by atoms with E-state index >= 15 is 0 Å². The Morgan fingerprint density at radius 1 is 0.714 bits per heavy atom. The molecule has 0 amide bonds. The Labute approximate surface area is 133 Å². The summed E-state index contributed by atoms with van der Waals surface area (Å²) in [4.78, 5) is 0. The topological polar surface area (TPSA) is 18.5 Å². The molecule has 0 aliphatic heterocycles. The highest BCUT2D eigenvalue weighted by Crippen LogP contribution is 2.22. The van der Waals surface area contributed by atoms with Gasteiger partial charge in [0.05, 0.1) is 0 Å². The van der Waals surface area contributed by atoms with Gasteiger partial charge >= 0.3 is 8.56 Å². The second-order valence-electron chi connectivity index (χ2n) is 5.71. The highest BCUT2D eigenvalue weighted by atomic mass is 28.4. The molecule has 0 saturated carbocycles. The third-order valence-corrected chi connectivity index (χ3v) is 6.92. The van der Waals surface area contributed by atoms with Gasteiger partial charge in [-0.15, -0.1) is 13.2 Å². The van der Waals surface area contributed by atoms with Crippen molar-refractivity contribution in [3.05, 3.63) is 25.3 Å². The number of rotatable bonds is 16. The molecule has 0 radical (unpaired) electrons. The van der Waals surface area contributed by atoms with Crippen LogP contribution in [-0.4, -0.2) is 21.8 Å². The maximum absolute atomic E-state index is 6.24. The summed E-state index contributed by atoms with van der Waals surface area (Å²) in [5.41, 5.74) is 0. The summed E-state index contributed by atoms with van der Waals surface area (Å²) >= 11 is 0. The van der Waals surface area contributed by atoms with Crippen molar-refractivity contribution in [3.8, 4) is 0 Å². The number of unbranched alkanes of at least 4 members (excludes halogenated alkanes) is 6. The average Bonchev–Trinajstić information content (AvgIpc) is 2.47. The van der Waals surface area contributed by atoms with Gasteiger partial charge < -0.3 is 8.85 Å². The predicted octanol–water partition coefficient (Wildman–Crippen LogP) is 5.99. The Morgan fingerprint density at radius 3 is 1.48 bits per heavy atom. The third kappa shape index (κ3) is 10.9. The maximum Gasteiger partial charge on any atom is 0.345 e. The number of allylic oxidation sites excluding steroid dienone is 2. The monoisotopic (exact) mass is 312 g/mol. The van der Waals surface area contributed by atoms with Gasteiger partial charge in [0.15, 0.2) is 0 Å². The van der Waals surface area contributed by atoms with Crippen molar-refractivity contribution in [2.24, 2.45) is 0 Å². The van der Waals surface area contributed by atoms with Crippen molar-refractivity contribution in [1.82, 2.24) is 0 Å². The molecule has 0 aliphatic carbocycles. The molecule has 0 aromatic heterocycles. The normalized spacial score (nSPS) is 11.5. The van der Waals surface area contributed by atoms with Crippen LogP contribution in [0.1, 0.15) is 65.2 Å². The molecule has 0 saturated heterocycles. The van der Waals surface area contributed by atoms with Crippen molar-refractivity contribution in [3.63, 3.8) is 0 Å². The Kier molecular flexibility index (Phi) is 14.3. The standard InChI is InChI=1S/C18H36O2Si/c1-5-9-11-13-15-19-21(17-7-3,18-8-4)20-16-14-12-10-6-2/h7-8H,3-6,9-18H2,1-2H3. The molecule has 0 heterocycles. The molecule has 21 heavy (non-hydrogen) atoms. The zero-order chi connectivity index (χ0) is 15.8. The zero-order valence-electron chi connectivity index (χ0n) is 14.4. The van der Waals surface area contributed by atoms with Gasteiger partial charge in [0.1, 0.15) is 0 Å². The van der Waals surface area contributed by atoms with E-state index in [-0.39, 0.29) is 0 Å². The fourth-order valence-corrected chi connectivity index (χ4v) is 5.01. The lowest BCUT2D eigenvalue weighted by atomic mass is 10.2. The molecular formula is C18H36O2Si. The molecule has 0 unspecified atom stereocenters. The minimum atomic E-state index is -2.15. The van der Waals surface area contributed by atoms with Crippen LogP contribution in [0.3, 0.4) is 0 Å². The summed E-state index contributed by atoms with van der Waals surface area (Å²) in [6.45, 7) is 13.9. The largest absolute Gasteiger partial charge is 0.394 e. The lowest BCUT2D eigenvalue weighted by Crippen LogP contribution is -2.41. The van der Waals surface area contributed by atoms with Crippen molar-refractivity contribution in [2.75, 3.05) is 13.2 Å². The first-order chi connectivity index (χ1) is 10.2. The molecule has 0 spiro atoms. The van der Waals surface area contributed by atoms with E-state index in [4.69, 9.17) is 8.85 Å². The number of hydrogen-bond acceptors (Lipinski definition) is 2. The van der Waals surface area contributed by atoms with Crippen LogP contribution >= 0.6 is 0 Å². The summed E-state index contributed by atoms with van der Waals surface area (Å²) < 4.78 is 12.5. The van der Waals surface area contributed by atoms with Gasteiger partial charge in [-0.3, -0.25) is 0 Å². The fraction of sp³-hybridized carbons (Fsp3) is 0.778. The third-order valence-electron chi connectivity index (χ3n) is 3.64. The van der Waals surface area contributed by atoms with E-state index < -0.39 is 8.56 Å². The SMILES string of the molecule is C=CC[Si](CC=C)(OCCCCCC)OCCCCCC. The van der Waals surface area contributed by atoms with Gasteiger partial charge in [0.2, 0.25) is 0 Å². The summed E-state index contributed by atoms with van der Waals surface area (Å²) in [6.07, 6.45) is 13.8. The lowest BCUT2D eigenvalue weighted by Gasteiger charge is -2.29. The molecule has 0 bridgehead atoms. The minimum absolute atomic E-state index is 0.822. The molecule has 0 aromatic carbocycles.